The van der Waals surface area contributed by atoms with Crippen LogP contribution in [0.5, 0.6) is 0 Å². The smallest absolute Gasteiger partial charge is 0.323 e. The summed E-state index contributed by atoms with van der Waals surface area (Å²) < 4.78 is 3.39. The van der Waals surface area contributed by atoms with Gasteiger partial charge in [0, 0.05) is 5.10 Å². The van der Waals surface area contributed by atoms with Crippen molar-refractivity contribution in [2.75, 3.05) is 0 Å². The quantitative estimate of drug-likeness (QED) is 0.237. The van der Waals surface area contributed by atoms with E-state index >= 15 is 0 Å². The molecule has 0 aromatic carbocycles. The van der Waals surface area contributed by atoms with Crippen molar-refractivity contribution in [2.45, 2.75) is 0 Å². The minimum Gasteiger partial charge on any atom is -0.411 e. The van der Waals surface area contributed by atoms with Crippen LogP contribution in [0.15, 0.2) is 11.5 Å². The van der Waals surface area contributed by atoms with E-state index in [2.05, 4.69) is 10.3 Å². The monoisotopic (exact) mass is 141 g/mol. The Labute approximate surface area is 58.2 Å². The zero-order chi connectivity index (χ0) is 7.56. The Balaban J connectivity index is 3.03. The number of hydrogen-bond donors (Lipinski definition) is 1. The number of nitrogens with zero attached hydrogens (tertiary/aromatic N) is 4. The summed E-state index contributed by atoms with van der Waals surface area (Å²) in [6.45, 7) is 0. The molecule has 0 atom stereocenters. The topological polar surface area (TPSA) is 54.3 Å². The van der Waals surface area contributed by atoms with Gasteiger partial charge in [-0.1, -0.05) is 5.16 Å². The summed E-state index contributed by atoms with van der Waals surface area (Å²) in [5.74, 6) is 0.616. The van der Waals surface area contributed by atoms with Crippen molar-refractivity contribution in [1.82, 2.24) is 9.78 Å². The summed E-state index contributed by atoms with van der Waals surface area (Å²) in [5.41, 5.74) is 0. The number of rotatable bonds is 1. The Morgan fingerprint density at radius 3 is 3.00 bits per heavy atom. The minimum absolute atomic E-state index is 0.616. The SMILES string of the molecule is Cn1c[n+](C)c(C=NO)n1. The second-order valence-electron chi connectivity index (χ2n) is 2.00. The van der Waals surface area contributed by atoms with Crippen molar-refractivity contribution in [3.05, 3.63) is 12.2 Å². The molecule has 0 saturated heterocycles. The zero-order valence-electron chi connectivity index (χ0n) is 5.89. The molecule has 1 rings (SSSR count). The van der Waals surface area contributed by atoms with E-state index in [-0.39, 0.29) is 0 Å². The number of aryl methyl sites for hydroxylation is 2. The first kappa shape index (κ1) is 6.73. The molecule has 1 aromatic rings. The summed E-state index contributed by atoms with van der Waals surface area (Å²) in [6.07, 6.45) is 3.05. The minimum atomic E-state index is 0.616. The second kappa shape index (κ2) is 2.47. The van der Waals surface area contributed by atoms with Gasteiger partial charge in [-0.15, -0.1) is 4.68 Å². The Hall–Kier alpha value is -1.39. The van der Waals surface area contributed by atoms with Gasteiger partial charge in [0.2, 0.25) is 6.33 Å². The van der Waals surface area contributed by atoms with Crippen LogP contribution in [0.4, 0.5) is 0 Å². The van der Waals surface area contributed by atoms with Crippen LogP contribution in [0.1, 0.15) is 5.82 Å². The molecule has 0 unspecified atom stereocenters. The van der Waals surface area contributed by atoms with Gasteiger partial charge in [0.25, 0.3) is 0 Å². The van der Waals surface area contributed by atoms with Crippen LogP contribution < -0.4 is 4.57 Å². The third-order valence-electron chi connectivity index (χ3n) is 1.14. The Morgan fingerprint density at radius 1 is 1.90 bits per heavy atom. The van der Waals surface area contributed by atoms with Crippen molar-refractivity contribution in [3.63, 3.8) is 0 Å². The second-order valence-corrected chi connectivity index (χ2v) is 2.00. The standard InChI is InChI=1S/C5H8N4O/c1-8-4-9(2)7-5(8)3-6-10/h3-4H,1-2H3/p+1. The first-order valence-corrected chi connectivity index (χ1v) is 2.80. The summed E-state index contributed by atoms with van der Waals surface area (Å²) in [5, 5.41) is 15.0. The molecule has 5 nitrogen and oxygen atoms in total. The van der Waals surface area contributed by atoms with E-state index in [0.717, 1.165) is 0 Å². The third-order valence-corrected chi connectivity index (χ3v) is 1.14. The third kappa shape index (κ3) is 1.12. The van der Waals surface area contributed by atoms with Crippen LogP contribution in [0.3, 0.4) is 0 Å². The van der Waals surface area contributed by atoms with Gasteiger partial charge in [0.15, 0.2) is 0 Å². The van der Waals surface area contributed by atoms with E-state index in [1.807, 2.05) is 7.05 Å². The highest BCUT2D eigenvalue weighted by atomic mass is 16.4. The van der Waals surface area contributed by atoms with Gasteiger partial charge >= 0.3 is 5.82 Å². The molecule has 0 spiro atoms. The molecule has 5 heteroatoms. The van der Waals surface area contributed by atoms with Crippen LogP contribution >= 0.6 is 0 Å². The molecule has 0 amide bonds. The molecule has 1 aromatic heterocycles. The molecule has 10 heavy (non-hydrogen) atoms. The van der Waals surface area contributed by atoms with Crippen LogP contribution in [0.25, 0.3) is 0 Å². The normalized spacial score (nSPS) is 11.0. The molecule has 0 bridgehead atoms. The fourth-order valence-electron chi connectivity index (χ4n) is 0.736. The first-order chi connectivity index (χ1) is 4.74. The Morgan fingerprint density at radius 2 is 2.60 bits per heavy atom. The highest BCUT2D eigenvalue weighted by Crippen LogP contribution is 1.77. The molecule has 0 aliphatic carbocycles. The summed E-state index contributed by atoms with van der Waals surface area (Å²) in [4.78, 5) is 0. The summed E-state index contributed by atoms with van der Waals surface area (Å²) in [6, 6.07) is 0. The molecule has 1 N–H and O–H groups in total. The van der Waals surface area contributed by atoms with E-state index in [1.54, 1.807) is 22.6 Å². The van der Waals surface area contributed by atoms with Crippen molar-refractivity contribution < 1.29 is 9.77 Å². The largest absolute Gasteiger partial charge is 0.411 e. The van der Waals surface area contributed by atoms with Crippen molar-refractivity contribution in [2.24, 2.45) is 19.3 Å². The number of hydrogen-bond acceptors (Lipinski definition) is 3. The van der Waals surface area contributed by atoms with E-state index in [9.17, 15) is 0 Å². The molecule has 0 radical (unpaired) electrons. The van der Waals surface area contributed by atoms with Crippen molar-refractivity contribution in [1.29, 1.82) is 0 Å². The van der Waals surface area contributed by atoms with Crippen LogP contribution in [0.2, 0.25) is 0 Å². The molecule has 0 saturated carbocycles. The van der Waals surface area contributed by atoms with Gasteiger partial charge in [-0.2, -0.15) is 0 Å². The van der Waals surface area contributed by atoms with E-state index in [4.69, 9.17) is 5.21 Å². The van der Waals surface area contributed by atoms with Crippen molar-refractivity contribution in [3.8, 4) is 0 Å². The predicted molar refractivity (Wildman–Crippen MR) is 33.8 cm³/mol. The molecule has 0 aliphatic rings. The molecule has 0 fully saturated rings. The highest BCUT2D eigenvalue weighted by Gasteiger charge is 2.07. The lowest BCUT2D eigenvalue weighted by atomic mass is 10.7. The van der Waals surface area contributed by atoms with Crippen molar-refractivity contribution >= 4 is 6.21 Å². The lowest BCUT2D eigenvalue weighted by Crippen LogP contribution is -2.30. The van der Waals surface area contributed by atoms with Crippen LogP contribution in [-0.2, 0) is 14.1 Å². The molecular formula is C5H9N4O+. The zero-order valence-corrected chi connectivity index (χ0v) is 5.89. The van der Waals surface area contributed by atoms with Gasteiger partial charge in [0.05, 0.1) is 14.1 Å². The maximum atomic E-state index is 8.16. The van der Waals surface area contributed by atoms with Gasteiger partial charge < -0.3 is 5.21 Å². The average Bonchev–Trinajstić information content (AvgIpc) is 2.13. The number of oxime groups is 1. The average molecular weight is 141 g/mol. The summed E-state index contributed by atoms with van der Waals surface area (Å²) in [7, 11) is 3.62. The van der Waals surface area contributed by atoms with Gasteiger partial charge in [-0.05, 0) is 0 Å². The molecular weight excluding hydrogens is 132 g/mol. The first-order valence-electron chi connectivity index (χ1n) is 2.80. The lowest BCUT2D eigenvalue weighted by Gasteiger charge is -1.77. The maximum Gasteiger partial charge on any atom is 0.323 e. The number of aromatic nitrogens is 3. The van der Waals surface area contributed by atoms with E-state index < -0.39 is 0 Å². The lowest BCUT2D eigenvalue weighted by molar-refractivity contribution is -0.673. The summed E-state index contributed by atoms with van der Waals surface area (Å²) >= 11 is 0. The maximum absolute atomic E-state index is 8.16. The highest BCUT2D eigenvalue weighted by molar-refractivity contribution is 5.71. The van der Waals surface area contributed by atoms with Gasteiger partial charge in [-0.25, -0.2) is 4.57 Å². The van der Waals surface area contributed by atoms with E-state index in [1.165, 1.54) is 6.21 Å². The predicted octanol–water partition coefficient (Wildman–Crippen LogP) is -0.947. The van der Waals surface area contributed by atoms with Crippen LogP contribution in [-0.4, -0.2) is 21.2 Å². The Kier molecular flexibility index (Phi) is 1.66. The Bertz CT molecular complexity index is 252. The fraction of sp³-hybridized carbons (Fsp3) is 0.400. The molecule has 54 valence electrons. The van der Waals surface area contributed by atoms with Gasteiger partial charge in [0.1, 0.15) is 6.21 Å². The fourth-order valence-corrected chi connectivity index (χ4v) is 0.736. The van der Waals surface area contributed by atoms with Crippen LogP contribution in [0, 0.1) is 0 Å². The molecule has 1 heterocycles. The van der Waals surface area contributed by atoms with Gasteiger partial charge in [-0.3, -0.25) is 0 Å². The van der Waals surface area contributed by atoms with E-state index in [0.29, 0.717) is 5.82 Å². The molecule has 0 aliphatic heterocycles.